The van der Waals surface area contributed by atoms with Crippen molar-refractivity contribution in [3.63, 3.8) is 0 Å². The highest BCUT2D eigenvalue weighted by Crippen LogP contribution is 2.25. The van der Waals surface area contributed by atoms with Gasteiger partial charge in [0.15, 0.2) is 0 Å². The van der Waals surface area contributed by atoms with Crippen LogP contribution in [0, 0.1) is 5.82 Å². The van der Waals surface area contributed by atoms with E-state index in [1.54, 1.807) is 47.3 Å². The van der Waals surface area contributed by atoms with Gasteiger partial charge in [0.2, 0.25) is 14.8 Å². The summed E-state index contributed by atoms with van der Waals surface area (Å²) >= 11 is 4.90. The molecule has 0 unspecified atom stereocenters. The third-order valence-corrected chi connectivity index (χ3v) is 9.70. The maximum absolute atomic E-state index is 13.6. The fraction of sp³-hybridized carbons (Fsp3) is 0.143. The second-order valence-corrected chi connectivity index (χ2v) is 12.7. The van der Waals surface area contributed by atoms with Crippen molar-refractivity contribution in [3.8, 4) is 11.3 Å². The van der Waals surface area contributed by atoms with Crippen molar-refractivity contribution >= 4 is 60.1 Å². The van der Waals surface area contributed by atoms with Gasteiger partial charge in [0.25, 0.3) is 0 Å². The van der Waals surface area contributed by atoms with Crippen LogP contribution < -0.4 is 4.80 Å². The lowest BCUT2D eigenvalue weighted by Crippen LogP contribution is -2.40. The number of sulfonamides is 1. The Hall–Kier alpha value is -3.42. The molecule has 0 aliphatic carbocycles. The SMILES string of the molecule is O=S(=O)(c1ccc(N=c2scc(-c3ccc(F)cc3)n2N=Cc2c[nH]c3ccc(Br)cc23)cc1)N1CCOCC1. The molecule has 0 saturated carbocycles. The minimum atomic E-state index is -3.60. The number of fused-ring (bicyclic) bond motifs is 1. The first kappa shape index (κ1) is 26.8. The highest BCUT2D eigenvalue weighted by molar-refractivity contribution is 9.10. The van der Waals surface area contributed by atoms with Crippen LogP contribution in [0.4, 0.5) is 10.1 Å². The van der Waals surface area contributed by atoms with Crippen LogP contribution in [0.2, 0.25) is 0 Å². The number of aromatic nitrogens is 2. The molecule has 12 heteroatoms. The fourth-order valence-corrected chi connectivity index (χ4v) is 7.01. The number of H-pyrrole nitrogens is 1. The zero-order valence-corrected chi connectivity index (χ0v) is 24.2. The molecule has 1 N–H and O–H groups in total. The smallest absolute Gasteiger partial charge is 0.243 e. The van der Waals surface area contributed by atoms with Crippen LogP contribution in [0.25, 0.3) is 22.2 Å². The third-order valence-electron chi connectivity index (χ3n) is 6.48. The van der Waals surface area contributed by atoms with Crippen molar-refractivity contribution in [1.29, 1.82) is 0 Å². The summed E-state index contributed by atoms with van der Waals surface area (Å²) in [7, 11) is -3.60. The molecular formula is C28H23BrFN5O3S2. The van der Waals surface area contributed by atoms with E-state index in [0.717, 1.165) is 32.2 Å². The highest BCUT2D eigenvalue weighted by Gasteiger charge is 2.26. The summed E-state index contributed by atoms with van der Waals surface area (Å²) in [6.07, 6.45) is 3.64. The Morgan fingerprint density at radius 3 is 2.52 bits per heavy atom. The van der Waals surface area contributed by atoms with E-state index in [0.29, 0.717) is 36.8 Å². The zero-order valence-electron chi connectivity index (χ0n) is 21.0. The number of aromatic amines is 1. The minimum Gasteiger partial charge on any atom is -0.379 e. The minimum absolute atomic E-state index is 0.211. The molecule has 40 heavy (non-hydrogen) atoms. The van der Waals surface area contributed by atoms with Gasteiger partial charge in [-0.3, -0.25) is 0 Å². The molecule has 1 aliphatic heterocycles. The van der Waals surface area contributed by atoms with Gasteiger partial charge in [-0.05, 0) is 66.7 Å². The molecule has 1 fully saturated rings. The van der Waals surface area contributed by atoms with E-state index in [4.69, 9.17) is 14.8 Å². The Morgan fingerprint density at radius 1 is 1.02 bits per heavy atom. The number of nitrogens with one attached hydrogen (secondary N) is 1. The fourth-order valence-electron chi connectivity index (χ4n) is 4.39. The third kappa shape index (κ3) is 5.45. The maximum Gasteiger partial charge on any atom is 0.243 e. The van der Waals surface area contributed by atoms with Crippen molar-refractivity contribution in [3.05, 3.63) is 99.0 Å². The Labute approximate surface area is 242 Å². The van der Waals surface area contributed by atoms with Crippen molar-refractivity contribution in [1.82, 2.24) is 14.0 Å². The van der Waals surface area contributed by atoms with E-state index in [1.807, 2.05) is 29.8 Å². The average molecular weight is 641 g/mol. The van der Waals surface area contributed by atoms with Crippen LogP contribution in [0.15, 0.2) is 97.8 Å². The number of thiazole rings is 1. The van der Waals surface area contributed by atoms with Gasteiger partial charge in [-0.1, -0.05) is 15.9 Å². The van der Waals surface area contributed by atoms with Crippen LogP contribution in [0.5, 0.6) is 0 Å². The largest absolute Gasteiger partial charge is 0.379 e. The van der Waals surface area contributed by atoms with Crippen LogP contribution in [-0.2, 0) is 14.8 Å². The molecule has 204 valence electrons. The Balaban J connectivity index is 1.39. The standard InChI is InChI=1S/C28H23BrFN5O3S2/c29-21-3-10-26-25(15-21)20(16-31-26)17-32-35-27(19-1-4-22(30)5-2-19)18-39-28(35)33-23-6-8-24(9-7-23)40(36,37)34-11-13-38-14-12-34/h1-10,15-18,31H,11-14H2. The molecule has 1 aliphatic rings. The molecule has 2 aromatic heterocycles. The van der Waals surface area contributed by atoms with Gasteiger partial charge >= 0.3 is 0 Å². The molecule has 8 nitrogen and oxygen atoms in total. The quantitative estimate of drug-likeness (QED) is 0.240. The highest BCUT2D eigenvalue weighted by atomic mass is 79.9. The summed E-state index contributed by atoms with van der Waals surface area (Å²) < 4.78 is 49.0. The van der Waals surface area contributed by atoms with Crippen molar-refractivity contribution < 1.29 is 17.5 Å². The van der Waals surface area contributed by atoms with E-state index < -0.39 is 10.0 Å². The summed E-state index contributed by atoms with van der Waals surface area (Å²) in [5.41, 5.74) is 3.98. The van der Waals surface area contributed by atoms with E-state index in [-0.39, 0.29) is 10.7 Å². The molecule has 3 heterocycles. The normalized spacial score (nSPS) is 15.4. The van der Waals surface area contributed by atoms with Gasteiger partial charge in [-0.15, -0.1) is 11.3 Å². The molecule has 0 amide bonds. The van der Waals surface area contributed by atoms with Crippen LogP contribution in [0.3, 0.4) is 0 Å². The lowest BCUT2D eigenvalue weighted by Gasteiger charge is -2.26. The molecule has 5 aromatic rings. The Bertz CT molecular complexity index is 1870. The summed E-state index contributed by atoms with van der Waals surface area (Å²) in [6.45, 7) is 1.44. The van der Waals surface area contributed by atoms with Gasteiger partial charge in [-0.25, -0.2) is 22.5 Å². The van der Waals surface area contributed by atoms with E-state index in [9.17, 15) is 12.8 Å². The summed E-state index contributed by atoms with van der Waals surface area (Å²) in [4.78, 5) is 8.80. The number of morpholine rings is 1. The van der Waals surface area contributed by atoms with Crippen molar-refractivity contribution in [2.24, 2.45) is 10.1 Å². The molecule has 1 saturated heterocycles. The molecule has 6 rings (SSSR count). The van der Waals surface area contributed by atoms with E-state index in [2.05, 4.69) is 20.9 Å². The summed E-state index contributed by atoms with van der Waals surface area (Å²) in [6, 6.07) is 18.7. The predicted molar refractivity (Wildman–Crippen MR) is 158 cm³/mol. The first-order valence-corrected chi connectivity index (χ1v) is 15.5. The number of benzene rings is 3. The van der Waals surface area contributed by atoms with Crippen molar-refractivity contribution in [2.75, 3.05) is 26.3 Å². The first-order valence-electron chi connectivity index (χ1n) is 12.4. The average Bonchev–Trinajstić information content (AvgIpc) is 3.56. The number of nitrogens with zero attached hydrogens (tertiary/aromatic N) is 4. The molecule has 0 radical (unpaired) electrons. The van der Waals surface area contributed by atoms with Crippen LogP contribution in [0.1, 0.15) is 5.56 Å². The zero-order chi connectivity index (χ0) is 27.7. The number of hydrogen-bond donors (Lipinski definition) is 1. The molecule has 3 aromatic carbocycles. The van der Waals surface area contributed by atoms with Gasteiger partial charge in [-0.2, -0.15) is 9.41 Å². The molecular weight excluding hydrogens is 617 g/mol. The number of ether oxygens (including phenoxy) is 1. The van der Waals surface area contributed by atoms with E-state index in [1.165, 1.54) is 27.8 Å². The molecule has 0 atom stereocenters. The van der Waals surface area contributed by atoms with Crippen molar-refractivity contribution in [2.45, 2.75) is 4.90 Å². The number of hydrogen-bond acceptors (Lipinski definition) is 6. The van der Waals surface area contributed by atoms with Gasteiger partial charge in [0.05, 0.1) is 35.7 Å². The first-order chi connectivity index (χ1) is 19.4. The van der Waals surface area contributed by atoms with Gasteiger partial charge in [0.1, 0.15) is 5.82 Å². The number of rotatable bonds is 6. The predicted octanol–water partition coefficient (Wildman–Crippen LogP) is 5.74. The van der Waals surface area contributed by atoms with Gasteiger partial charge < -0.3 is 9.72 Å². The Kier molecular flexibility index (Phi) is 7.51. The van der Waals surface area contributed by atoms with Crippen LogP contribution >= 0.6 is 27.3 Å². The molecule has 0 bridgehead atoms. The lowest BCUT2D eigenvalue weighted by atomic mass is 10.2. The topological polar surface area (TPSA) is 92.0 Å². The number of halogens is 2. The summed E-state index contributed by atoms with van der Waals surface area (Å²) in [5, 5.41) is 7.68. The summed E-state index contributed by atoms with van der Waals surface area (Å²) in [5.74, 6) is -0.324. The lowest BCUT2D eigenvalue weighted by molar-refractivity contribution is 0.0730. The Morgan fingerprint density at radius 2 is 1.77 bits per heavy atom. The second kappa shape index (κ2) is 11.2. The maximum atomic E-state index is 13.6. The van der Waals surface area contributed by atoms with Gasteiger partial charge in [0, 0.05) is 51.2 Å². The van der Waals surface area contributed by atoms with E-state index >= 15 is 0 Å². The molecule has 0 spiro atoms. The van der Waals surface area contributed by atoms with Crippen LogP contribution in [-0.4, -0.2) is 54.9 Å². The monoisotopic (exact) mass is 639 g/mol. The second-order valence-electron chi connectivity index (χ2n) is 9.02.